The molecule has 1 N–H and O–H groups in total. The van der Waals surface area contributed by atoms with Crippen molar-refractivity contribution < 1.29 is 9.21 Å². The topological polar surface area (TPSA) is 48.7 Å². The third kappa shape index (κ3) is 3.71. The molecule has 0 aliphatic carbocycles. The number of nitrogens with zero attached hydrogens (tertiary/aromatic N) is 2. The highest BCUT2D eigenvalue weighted by Crippen LogP contribution is 2.32. The van der Waals surface area contributed by atoms with E-state index >= 15 is 0 Å². The number of nitrogens with one attached hydrogen (secondary N) is 1. The van der Waals surface area contributed by atoms with Crippen molar-refractivity contribution >= 4 is 24.0 Å². The molecule has 0 radical (unpaired) electrons. The fraction of sp³-hybridized carbons (Fsp3) is 0.353. The van der Waals surface area contributed by atoms with Gasteiger partial charge in [-0.3, -0.25) is 4.79 Å². The van der Waals surface area contributed by atoms with E-state index < -0.39 is 0 Å². The first-order valence-corrected chi connectivity index (χ1v) is 8.45. The summed E-state index contributed by atoms with van der Waals surface area (Å²) in [5.74, 6) is 1.73. The van der Waals surface area contributed by atoms with Crippen LogP contribution in [0.4, 0.5) is 5.69 Å². The van der Waals surface area contributed by atoms with Gasteiger partial charge in [0.2, 0.25) is 6.41 Å². The fourth-order valence-electron chi connectivity index (χ4n) is 2.70. The van der Waals surface area contributed by atoms with Crippen molar-refractivity contribution in [3.63, 3.8) is 0 Å². The Balaban J connectivity index is 1.70. The van der Waals surface area contributed by atoms with E-state index in [0.29, 0.717) is 6.54 Å². The zero-order valence-corrected chi connectivity index (χ0v) is 14.2. The predicted molar refractivity (Wildman–Crippen MR) is 92.4 cm³/mol. The highest BCUT2D eigenvalue weighted by molar-refractivity contribution is 7.97. The first-order chi connectivity index (χ1) is 11.2. The molecular weight excluding hydrogens is 310 g/mol. The summed E-state index contributed by atoms with van der Waals surface area (Å²) < 4.78 is 8.03. The van der Waals surface area contributed by atoms with Crippen molar-refractivity contribution in [2.45, 2.75) is 17.9 Å². The number of aryl methyl sites for hydroxylation is 1. The number of piperazine rings is 1. The standard InChI is InChI=1S/C17H21N3O2S/c1-13-3-8-17(22-13)16-11-20(10-9-19(16)12-21)23-15-6-4-14(18-2)5-7-15/h3-8,12,16,18H,9-11H2,1-2H3. The van der Waals surface area contributed by atoms with Gasteiger partial charge in [-0.1, -0.05) is 0 Å². The van der Waals surface area contributed by atoms with Crippen LogP contribution in [-0.2, 0) is 4.79 Å². The van der Waals surface area contributed by atoms with E-state index in [1.807, 2.05) is 31.0 Å². The maximum absolute atomic E-state index is 11.3. The van der Waals surface area contributed by atoms with Crippen LogP contribution in [0.5, 0.6) is 0 Å². The molecule has 0 saturated carbocycles. The van der Waals surface area contributed by atoms with Gasteiger partial charge in [0.1, 0.15) is 17.6 Å². The number of carbonyl (C=O) groups is 1. The number of anilines is 1. The van der Waals surface area contributed by atoms with Crippen molar-refractivity contribution in [2.24, 2.45) is 0 Å². The van der Waals surface area contributed by atoms with Crippen LogP contribution in [0.25, 0.3) is 0 Å². The van der Waals surface area contributed by atoms with E-state index in [4.69, 9.17) is 4.42 Å². The zero-order chi connectivity index (χ0) is 16.2. The third-order valence-corrected chi connectivity index (χ3v) is 5.06. The van der Waals surface area contributed by atoms with Crippen molar-refractivity contribution in [1.29, 1.82) is 0 Å². The monoisotopic (exact) mass is 331 g/mol. The Morgan fingerprint density at radius 3 is 2.61 bits per heavy atom. The molecule has 1 aromatic heterocycles. The van der Waals surface area contributed by atoms with E-state index in [1.165, 1.54) is 4.90 Å². The summed E-state index contributed by atoms with van der Waals surface area (Å²) in [5, 5.41) is 3.12. The molecule has 1 atom stereocenters. The molecule has 2 aromatic rings. The Morgan fingerprint density at radius 1 is 1.22 bits per heavy atom. The van der Waals surface area contributed by atoms with Crippen LogP contribution in [0, 0.1) is 6.92 Å². The van der Waals surface area contributed by atoms with Crippen LogP contribution < -0.4 is 5.32 Å². The molecule has 1 fully saturated rings. The lowest BCUT2D eigenvalue weighted by Gasteiger charge is -2.37. The van der Waals surface area contributed by atoms with Crippen LogP contribution in [0.15, 0.2) is 45.7 Å². The first kappa shape index (κ1) is 16.0. The van der Waals surface area contributed by atoms with Gasteiger partial charge in [0.25, 0.3) is 0 Å². The second kappa shape index (κ2) is 7.10. The summed E-state index contributed by atoms with van der Waals surface area (Å²) in [6.07, 6.45) is 0.923. The largest absolute Gasteiger partial charge is 0.464 e. The van der Waals surface area contributed by atoms with Gasteiger partial charge in [-0.05, 0) is 55.3 Å². The summed E-state index contributed by atoms with van der Waals surface area (Å²) in [6, 6.07) is 12.2. The number of benzene rings is 1. The van der Waals surface area contributed by atoms with Crippen molar-refractivity contribution in [1.82, 2.24) is 9.21 Å². The van der Waals surface area contributed by atoms with E-state index in [9.17, 15) is 4.79 Å². The summed E-state index contributed by atoms with van der Waals surface area (Å²) in [4.78, 5) is 14.3. The molecule has 6 heteroatoms. The van der Waals surface area contributed by atoms with Crippen LogP contribution in [-0.4, -0.2) is 42.3 Å². The SMILES string of the molecule is CNc1ccc(SN2CCN(C=O)C(c3ccc(C)o3)C2)cc1. The second-order valence-electron chi connectivity index (χ2n) is 5.56. The molecule has 1 unspecified atom stereocenters. The Bertz CT molecular complexity index is 656. The molecule has 1 aromatic carbocycles. The van der Waals surface area contributed by atoms with Crippen molar-refractivity contribution in [2.75, 3.05) is 32.0 Å². The molecule has 5 nitrogen and oxygen atoms in total. The van der Waals surface area contributed by atoms with Crippen LogP contribution in [0.1, 0.15) is 17.6 Å². The van der Waals surface area contributed by atoms with Crippen molar-refractivity contribution in [3.05, 3.63) is 47.9 Å². The average Bonchev–Trinajstić information content (AvgIpc) is 3.02. The van der Waals surface area contributed by atoms with Crippen LogP contribution in [0.2, 0.25) is 0 Å². The highest BCUT2D eigenvalue weighted by Gasteiger charge is 2.30. The van der Waals surface area contributed by atoms with E-state index in [0.717, 1.165) is 36.7 Å². The molecule has 1 aliphatic heterocycles. The maximum atomic E-state index is 11.3. The van der Waals surface area contributed by atoms with Gasteiger partial charge < -0.3 is 14.6 Å². The lowest BCUT2D eigenvalue weighted by molar-refractivity contribution is -0.122. The van der Waals surface area contributed by atoms with E-state index in [1.54, 1.807) is 11.9 Å². The lowest BCUT2D eigenvalue weighted by Crippen LogP contribution is -2.44. The quantitative estimate of drug-likeness (QED) is 0.674. The Kier molecular flexibility index (Phi) is 4.93. The smallest absolute Gasteiger partial charge is 0.210 e. The Hall–Kier alpha value is -1.92. The van der Waals surface area contributed by atoms with Gasteiger partial charge in [0, 0.05) is 37.3 Å². The number of amides is 1. The lowest BCUT2D eigenvalue weighted by atomic mass is 10.1. The minimum Gasteiger partial charge on any atom is -0.464 e. The highest BCUT2D eigenvalue weighted by atomic mass is 32.2. The summed E-state index contributed by atoms with van der Waals surface area (Å²) >= 11 is 1.72. The minimum absolute atomic E-state index is 0.0287. The average molecular weight is 331 g/mol. The molecule has 23 heavy (non-hydrogen) atoms. The number of hydrogen-bond donors (Lipinski definition) is 1. The molecule has 2 heterocycles. The molecule has 122 valence electrons. The number of rotatable bonds is 5. The minimum atomic E-state index is -0.0287. The first-order valence-electron chi connectivity index (χ1n) is 7.67. The van der Waals surface area contributed by atoms with E-state index in [2.05, 4.69) is 33.9 Å². The number of hydrogen-bond acceptors (Lipinski definition) is 5. The molecular formula is C17H21N3O2S. The van der Waals surface area contributed by atoms with E-state index in [-0.39, 0.29) is 6.04 Å². The third-order valence-electron chi connectivity index (χ3n) is 3.99. The van der Waals surface area contributed by atoms with Gasteiger partial charge in [-0.25, -0.2) is 4.31 Å². The van der Waals surface area contributed by atoms with Crippen LogP contribution >= 0.6 is 11.9 Å². The summed E-state index contributed by atoms with van der Waals surface area (Å²) in [7, 11) is 1.91. The number of furan rings is 1. The molecule has 1 aliphatic rings. The van der Waals surface area contributed by atoms with Gasteiger partial charge in [-0.2, -0.15) is 0 Å². The van der Waals surface area contributed by atoms with Crippen molar-refractivity contribution in [3.8, 4) is 0 Å². The maximum Gasteiger partial charge on any atom is 0.210 e. The Morgan fingerprint density at radius 2 is 2.00 bits per heavy atom. The predicted octanol–water partition coefficient (Wildman–Crippen LogP) is 3.15. The zero-order valence-electron chi connectivity index (χ0n) is 13.4. The Labute approximate surface area is 140 Å². The van der Waals surface area contributed by atoms with Crippen LogP contribution in [0.3, 0.4) is 0 Å². The van der Waals surface area contributed by atoms with Gasteiger partial charge in [0.05, 0.1) is 0 Å². The number of carbonyl (C=O) groups excluding carboxylic acids is 1. The normalized spacial score (nSPS) is 18.9. The molecule has 0 bridgehead atoms. The second-order valence-corrected chi connectivity index (χ2v) is 6.73. The summed E-state index contributed by atoms with van der Waals surface area (Å²) in [5.41, 5.74) is 1.10. The fourth-order valence-corrected chi connectivity index (χ4v) is 3.64. The molecule has 1 saturated heterocycles. The molecule has 0 spiro atoms. The molecule has 1 amide bonds. The van der Waals surface area contributed by atoms with Gasteiger partial charge in [0.15, 0.2) is 0 Å². The van der Waals surface area contributed by atoms with Gasteiger partial charge in [-0.15, -0.1) is 0 Å². The summed E-state index contributed by atoms with van der Waals surface area (Å²) in [6.45, 7) is 4.22. The van der Waals surface area contributed by atoms with Gasteiger partial charge >= 0.3 is 0 Å². The molecule has 3 rings (SSSR count).